The summed E-state index contributed by atoms with van der Waals surface area (Å²) in [6, 6.07) is 12.7. The van der Waals surface area contributed by atoms with Crippen LogP contribution in [0.2, 0.25) is 0 Å². The van der Waals surface area contributed by atoms with Gasteiger partial charge >= 0.3 is 0 Å². The Hall–Kier alpha value is -3.46. The fourth-order valence-corrected chi connectivity index (χ4v) is 5.86. The van der Waals surface area contributed by atoms with Crippen LogP contribution < -0.4 is 15.8 Å². The highest BCUT2D eigenvalue weighted by Crippen LogP contribution is 2.50. The molecule has 5 rings (SSSR count). The molecule has 1 aliphatic heterocycles. The first-order valence-corrected chi connectivity index (χ1v) is 11.7. The number of nitrogens with two attached hydrogens (primary N) is 1. The molecule has 174 valence electrons. The lowest BCUT2D eigenvalue weighted by Crippen LogP contribution is -2.47. The van der Waals surface area contributed by atoms with Gasteiger partial charge in [0.2, 0.25) is 5.88 Å². The van der Waals surface area contributed by atoms with E-state index >= 15 is 4.39 Å². The molecule has 2 heterocycles. The molecule has 0 saturated heterocycles. The van der Waals surface area contributed by atoms with Gasteiger partial charge in [0.1, 0.15) is 11.6 Å². The molecular formula is C25H22F2N4O2S. The van der Waals surface area contributed by atoms with Gasteiger partial charge in [0.15, 0.2) is 5.17 Å². The summed E-state index contributed by atoms with van der Waals surface area (Å²) in [6.45, 7) is 0. The van der Waals surface area contributed by atoms with Crippen molar-refractivity contribution in [2.45, 2.75) is 18.4 Å². The van der Waals surface area contributed by atoms with Crippen molar-refractivity contribution in [3.63, 3.8) is 0 Å². The van der Waals surface area contributed by atoms with E-state index in [-0.39, 0.29) is 23.8 Å². The summed E-state index contributed by atoms with van der Waals surface area (Å²) in [4.78, 5) is 22.3. The number of rotatable bonds is 4. The highest BCUT2D eigenvalue weighted by atomic mass is 32.2. The molecule has 1 aromatic heterocycles. The topological polar surface area (TPSA) is 89.6 Å². The van der Waals surface area contributed by atoms with Gasteiger partial charge in [-0.15, -0.1) is 0 Å². The third-order valence-electron chi connectivity index (χ3n) is 6.44. The molecule has 3 aromatic rings. The largest absolute Gasteiger partial charge is 0.481 e. The van der Waals surface area contributed by atoms with Crippen molar-refractivity contribution >= 4 is 28.5 Å². The van der Waals surface area contributed by atoms with Gasteiger partial charge < -0.3 is 15.8 Å². The average molecular weight is 481 g/mol. The number of halogens is 2. The number of hydrogen-bond donors (Lipinski definition) is 2. The molecule has 0 unspecified atom stereocenters. The Labute approximate surface area is 199 Å². The normalized spacial score (nSPS) is 21.1. The summed E-state index contributed by atoms with van der Waals surface area (Å²) in [6.07, 6.45) is 2.17. The maximum atomic E-state index is 15.1. The number of aliphatic imine (C=N–C) groups is 1. The first kappa shape index (κ1) is 22.3. The fourth-order valence-electron chi connectivity index (χ4n) is 4.87. The second kappa shape index (κ2) is 8.72. The fraction of sp³-hybridized carbons (Fsp3) is 0.240. The van der Waals surface area contributed by atoms with Crippen molar-refractivity contribution in [3.8, 4) is 5.88 Å². The molecule has 2 atom stereocenters. The van der Waals surface area contributed by atoms with Gasteiger partial charge in [-0.1, -0.05) is 36.0 Å². The van der Waals surface area contributed by atoms with Crippen LogP contribution in [0.5, 0.6) is 5.88 Å². The van der Waals surface area contributed by atoms with Crippen LogP contribution in [0.15, 0.2) is 59.7 Å². The van der Waals surface area contributed by atoms with Gasteiger partial charge in [0.25, 0.3) is 5.91 Å². The quantitative estimate of drug-likeness (QED) is 0.582. The molecule has 2 aromatic carbocycles. The Morgan fingerprint density at radius 3 is 2.74 bits per heavy atom. The van der Waals surface area contributed by atoms with Crippen molar-refractivity contribution in [1.82, 2.24) is 4.98 Å². The first-order chi connectivity index (χ1) is 16.4. The molecule has 0 spiro atoms. The predicted octanol–water partition coefficient (Wildman–Crippen LogP) is 4.29. The van der Waals surface area contributed by atoms with E-state index in [2.05, 4.69) is 10.3 Å². The number of pyridine rings is 1. The van der Waals surface area contributed by atoms with E-state index in [1.54, 1.807) is 12.1 Å². The number of carbonyl (C=O) groups excluding carboxylic acids is 1. The molecule has 1 aliphatic carbocycles. The maximum absolute atomic E-state index is 15.1. The number of fused-ring (bicyclic) bond motifs is 2. The zero-order valence-corrected chi connectivity index (χ0v) is 19.2. The van der Waals surface area contributed by atoms with Gasteiger partial charge in [0, 0.05) is 47.2 Å². The zero-order chi connectivity index (χ0) is 23.9. The number of ether oxygens (including phenoxy) is 1. The van der Waals surface area contributed by atoms with Crippen LogP contribution in [0.25, 0.3) is 0 Å². The number of hydrogen-bond acceptors (Lipinski definition) is 6. The Bertz CT molecular complexity index is 1300. The molecule has 2 aliphatic rings. The number of benzene rings is 2. The summed E-state index contributed by atoms with van der Waals surface area (Å²) in [5.74, 6) is -0.875. The van der Waals surface area contributed by atoms with Crippen molar-refractivity contribution in [2.24, 2.45) is 16.6 Å². The number of carbonyl (C=O) groups is 1. The van der Waals surface area contributed by atoms with Crippen LogP contribution in [0.3, 0.4) is 0 Å². The smallest absolute Gasteiger partial charge is 0.257 e. The van der Waals surface area contributed by atoms with Gasteiger partial charge in [0.05, 0.1) is 18.2 Å². The van der Waals surface area contributed by atoms with Crippen molar-refractivity contribution in [3.05, 3.63) is 88.6 Å². The van der Waals surface area contributed by atoms with Gasteiger partial charge in [-0.2, -0.15) is 0 Å². The number of anilines is 1. The van der Waals surface area contributed by atoms with Gasteiger partial charge in [-0.05, 0) is 30.2 Å². The summed E-state index contributed by atoms with van der Waals surface area (Å²) < 4.78 is 34.3. The Morgan fingerprint density at radius 2 is 2.00 bits per heavy atom. The Morgan fingerprint density at radius 1 is 1.21 bits per heavy atom. The molecule has 3 N–H and O–H groups in total. The van der Waals surface area contributed by atoms with E-state index in [1.807, 2.05) is 18.2 Å². The number of amides is 1. The number of nitrogens with zero attached hydrogens (tertiary/aromatic N) is 2. The molecule has 0 saturated carbocycles. The van der Waals surface area contributed by atoms with E-state index in [0.717, 1.165) is 11.6 Å². The number of thioether (sulfide) groups is 1. The molecule has 1 amide bonds. The van der Waals surface area contributed by atoms with Crippen molar-refractivity contribution in [2.75, 3.05) is 18.2 Å². The van der Waals surface area contributed by atoms with E-state index in [4.69, 9.17) is 15.5 Å². The molecule has 0 radical (unpaired) electrons. The lowest BCUT2D eigenvalue weighted by Gasteiger charge is -2.45. The van der Waals surface area contributed by atoms with E-state index in [0.29, 0.717) is 40.0 Å². The van der Waals surface area contributed by atoms with Crippen LogP contribution in [0, 0.1) is 17.6 Å². The van der Waals surface area contributed by atoms with E-state index in [1.165, 1.54) is 37.2 Å². The van der Waals surface area contributed by atoms with Crippen molar-refractivity contribution < 1.29 is 18.3 Å². The average Bonchev–Trinajstić information content (AvgIpc) is 2.82. The second-order valence-electron chi connectivity index (χ2n) is 8.35. The van der Waals surface area contributed by atoms with Gasteiger partial charge in [-0.25, -0.2) is 13.8 Å². The van der Waals surface area contributed by atoms with Crippen LogP contribution in [-0.4, -0.2) is 28.9 Å². The Kier molecular flexibility index (Phi) is 5.73. The van der Waals surface area contributed by atoms with E-state index in [9.17, 15) is 9.18 Å². The number of para-hydroxylation sites is 1. The van der Waals surface area contributed by atoms with E-state index < -0.39 is 17.2 Å². The van der Waals surface area contributed by atoms with Crippen LogP contribution in [-0.2, 0) is 18.4 Å². The number of methoxy groups -OCH3 is 1. The highest BCUT2D eigenvalue weighted by molar-refractivity contribution is 8.13. The number of amidine groups is 1. The summed E-state index contributed by atoms with van der Waals surface area (Å²) in [5.41, 5.74) is 7.89. The highest BCUT2D eigenvalue weighted by Gasteiger charge is 2.49. The number of aromatic nitrogens is 1. The minimum atomic E-state index is -1.05. The third kappa shape index (κ3) is 3.79. The lowest BCUT2D eigenvalue weighted by molar-refractivity contribution is 0.102. The SMILES string of the molecule is COc1ncc(C(=O)Nc2ccccc2)c2c1C[C@@]1(c3ccc(F)cc3F)N=C(N)SC[C@H]1C2. The minimum Gasteiger partial charge on any atom is -0.481 e. The zero-order valence-electron chi connectivity index (χ0n) is 18.3. The maximum Gasteiger partial charge on any atom is 0.257 e. The van der Waals surface area contributed by atoms with Crippen LogP contribution in [0.1, 0.15) is 27.0 Å². The van der Waals surface area contributed by atoms with Crippen LogP contribution >= 0.6 is 11.8 Å². The Balaban J connectivity index is 1.63. The molecule has 6 nitrogen and oxygen atoms in total. The second-order valence-corrected chi connectivity index (χ2v) is 9.39. The predicted molar refractivity (Wildman–Crippen MR) is 128 cm³/mol. The minimum absolute atomic E-state index is 0.173. The third-order valence-corrected chi connectivity index (χ3v) is 7.40. The summed E-state index contributed by atoms with van der Waals surface area (Å²) >= 11 is 1.39. The standard InChI is InChI=1S/C25H22F2N4O2S/c1-33-23-18-11-25(20-8-7-15(26)10-21(20)27)14(13-34-24(28)31-25)9-17(18)19(12-29-23)22(32)30-16-5-3-2-4-6-16/h2-8,10,12,14H,9,11,13H2,1H3,(H2,28,31)(H,30,32)/t14-,25-/m1/s1. The number of nitrogens with one attached hydrogen (secondary N) is 1. The molecule has 9 heteroatoms. The lowest BCUT2D eigenvalue weighted by atomic mass is 9.67. The first-order valence-electron chi connectivity index (χ1n) is 10.8. The molecule has 34 heavy (non-hydrogen) atoms. The van der Waals surface area contributed by atoms with Crippen LogP contribution in [0.4, 0.5) is 14.5 Å². The molecular weight excluding hydrogens is 458 g/mol. The molecule has 0 fully saturated rings. The molecule has 0 bridgehead atoms. The summed E-state index contributed by atoms with van der Waals surface area (Å²) in [5, 5.41) is 3.25. The van der Waals surface area contributed by atoms with Crippen molar-refractivity contribution in [1.29, 1.82) is 0 Å². The van der Waals surface area contributed by atoms with Gasteiger partial charge in [-0.3, -0.25) is 9.79 Å². The summed E-state index contributed by atoms with van der Waals surface area (Å²) in [7, 11) is 1.50. The monoisotopic (exact) mass is 480 g/mol.